The number of amides is 1. The molecule has 1 aliphatic rings. The van der Waals surface area contributed by atoms with Crippen molar-refractivity contribution >= 4 is 22.6 Å². The number of carbonyl (C=O) groups excluding carboxylic acids is 2. The molecule has 3 rings (SSSR count). The van der Waals surface area contributed by atoms with Crippen molar-refractivity contribution in [3.63, 3.8) is 0 Å². The van der Waals surface area contributed by atoms with E-state index in [9.17, 15) is 9.59 Å². The van der Waals surface area contributed by atoms with Crippen LogP contribution in [0.15, 0.2) is 60.8 Å². The molecular weight excluding hydrogens is 366 g/mol. The molecule has 0 saturated carbocycles. The first kappa shape index (κ1) is 20.6. The first-order valence-electron chi connectivity index (χ1n) is 9.69. The highest BCUT2D eigenvalue weighted by Crippen LogP contribution is 2.20. The molecule has 6 heteroatoms. The Morgan fingerprint density at radius 3 is 2.55 bits per heavy atom. The molecule has 1 aromatic heterocycles. The molecule has 2 heterocycles. The molecule has 0 radical (unpaired) electrons. The molecule has 1 amide bonds. The Balaban J connectivity index is 1.68. The van der Waals surface area contributed by atoms with Gasteiger partial charge in [0.1, 0.15) is 5.69 Å². The molecule has 29 heavy (non-hydrogen) atoms. The third-order valence-electron chi connectivity index (χ3n) is 5.03. The molecule has 2 aromatic rings. The molecule has 0 bridgehead atoms. The first-order chi connectivity index (χ1) is 14.0. The summed E-state index contributed by atoms with van der Waals surface area (Å²) < 4.78 is 5.07. The number of hydrogen-bond acceptors (Lipinski definition) is 4. The van der Waals surface area contributed by atoms with Crippen LogP contribution in [0.1, 0.15) is 27.8 Å². The van der Waals surface area contributed by atoms with E-state index in [0.717, 1.165) is 29.7 Å². The van der Waals surface area contributed by atoms with Gasteiger partial charge in [0.15, 0.2) is 5.78 Å². The van der Waals surface area contributed by atoms with Crippen molar-refractivity contribution in [2.75, 3.05) is 39.9 Å². The molecule has 0 atom stereocenters. The first-order valence-corrected chi connectivity index (χ1v) is 9.69. The van der Waals surface area contributed by atoms with Crippen molar-refractivity contribution in [1.82, 2.24) is 14.8 Å². The lowest BCUT2D eigenvalue weighted by Gasteiger charge is -2.36. The third-order valence-corrected chi connectivity index (χ3v) is 5.03. The van der Waals surface area contributed by atoms with E-state index in [1.54, 1.807) is 26.2 Å². The van der Waals surface area contributed by atoms with Gasteiger partial charge in [-0.15, -0.1) is 0 Å². The average Bonchev–Trinajstić information content (AvgIpc) is 3.16. The van der Waals surface area contributed by atoms with E-state index in [-0.39, 0.29) is 11.7 Å². The Bertz CT molecular complexity index is 963. The van der Waals surface area contributed by atoms with Crippen LogP contribution in [0, 0.1) is 0 Å². The summed E-state index contributed by atoms with van der Waals surface area (Å²) in [5.41, 5.74) is 3.12. The number of aromatic nitrogens is 1. The second-order valence-electron chi connectivity index (χ2n) is 7.01. The van der Waals surface area contributed by atoms with Crippen LogP contribution in [0.4, 0.5) is 0 Å². The zero-order chi connectivity index (χ0) is 20.8. The number of piperazine rings is 1. The summed E-state index contributed by atoms with van der Waals surface area (Å²) in [5.74, 6) is -0.00516. The molecule has 1 N–H and O–H groups in total. The van der Waals surface area contributed by atoms with E-state index in [1.807, 2.05) is 41.3 Å². The second-order valence-corrected chi connectivity index (χ2v) is 7.01. The van der Waals surface area contributed by atoms with Gasteiger partial charge in [-0.25, -0.2) is 0 Å². The van der Waals surface area contributed by atoms with E-state index in [1.165, 1.54) is 0 Å². The van der Waals surface area contributed by atoms with Crippen LogP contribution in [-0.2, 0) is 4.74 Å². The van der Waals surface area contributed by atoms with Crippen LogP contribution >= 0.6 is 0 Å². The van der Waals surface area contributed by atoms with Gasteiger partial charge in [0, 0.05) is 55.5 Å². The highest BCUT2D eigenvalue weighted by Gasteiger charge is 2.23. The Labute approximate surface area is 171 Å². The fourth-order valence-corrected chi connectivity index (χ4v) is 3.46. The monoisotopic (exact) mass is 393 g/mol. The molecule has 0 spiro atoms. The number of Topliss-reactive ketones (excluding diaryl/α,β-unsaturated/α-hetero) is 1. The van der Waals surface area contributed by atoms with Crippen molar-refractivity contribution in [3.8, 4) is 0 Å². The number of fused-ring (bicyclic) bond motifs is 1. The predicted molar refractivity (Wildman–Crippen MR) is 115 cm³/mol. The maximum Gasteiger partial charge on any atom is 0.270 e. The van der Waals surface area contributed by atoms with Crippen LogP contribution in [0.3, 0.4) is 0 Å². The summed E-state index contributed by atoms with van der Waals surface area (Å²) in [6, 6.07) is 7.27. The quantitative estimate of drug-likeness (QED) is 0.578. The standard InChI is InChI=1S/C23H27N3O3/c1-4-6-20(7-5-14-29-3)25-10-12-26(13-11-25)23(28)22-16-19-15-18(17(2)27)8-9-21(19)24-22/h4-9,15-16,24H,1,10-14H2,2-3H3/b7-5-,20-6+. The number of rotatable bonds is 7. The molecule has 1 aromatic carbocycles. The summed E-state index contributed by atoms with van der Waals surface area (Å²) in [6.45, 7) is 8.65. The predicted octanol–water partition coefficient (Wildman–Crippen LogP) is 3.40. The number of ether oxygens (including phenoxy) is 1. The van der Waals surface area contributed by atoms with Crippen molar-refractivity contribution in [3.05, 3.63) is 72.1 Å². The summed E-state index contributed by atoms with van der Waals surface area (Å²) in [6.07, 6.45) is 7.72. The lowest BCUT2D eigenvalue weighted by Crippen LogP contribution is -2.48. The number of nitrogens with zero attached hydrogens (tertiary/aromatic N) is 2. The SMILES string of the molecule is C=C/C=C(\C=C/COC)N1CCN(C(=O)c2cc3cc(C(C)=O)ccc3[nH]2)CC1. The number of methoxy groups -OCH3 is 1. The van der Waals surface area contributed by atoms with Crippen LogP contribution < -0.4 is 0 Å². The van der Waals surface area contributed by atoms with E-state index in [4.69, 9.17) is 4.74 Å². The number of carbonyl (C=O) groups is 2. The van der Waals surface area contributed by atoms with Gasteiger partial charge in [-0.05, 0) is 43.3 Å². The minimum Gasteiger partial charge on any atom is -0.381 e. The largest absolute Gasteiger partial charge is 0.381 e. The minimum absolute atomic E-state index is 0.0139. The van der Waals surface area contributed by atoms with Crippen molar-refractivity contribution in [2.24, 2.45) is 0 Å². The van der Waals surface area contributed by atoms with Gasteiger partial charge in [0.25, 0.3) is 5.91 Å². The smallest absolute Gasteiger partial charge is 0.270 e. The minimum atomic E-state index is -0.0191. The van der Waals surface area contributed by atoms with Crippen LogP contribution in [0.2, 0.25) is 0 Å². The molecule has 1 saturated heterocycles. The maximum atomic E-state index is 12.9. The van der Waals surface area contributed by atoms with Gasteiger partial charge in [0.2, 0.25) is 0 Å². The third kappa shape index (κ3) is 4.84. The van der Waals surface area contributed by atoms with E-state index in [0.29, 0.717) is 31.0 Å². The molecule has 0 unspecified atom stereocenters. The Morgan fingerprint density at radius 1 is 1.17 bits per heavy atom. The molecule has 0 aliphatic carbocycles. The summed E-state index contributed by atoms with van der Waals surface area (Å²) in [5, 5.41) is 0.874. The van der Waals surface area contributed by atoms with E-state index >= 15 is 0 Å². The molecular formula is C23H27N3O3. The van der Waals surface area contributed by atoms with Crippen LogP contribution in [0.5, 0.6) is 0 Å². The normalized spacial score (nSPS) is 15.3. The van der Waals surface area contributed by atoms with Crippen molar-refractivity contribution < 1.29 is 14.3 Å². The van der Waals surface area contributed by atoms with Crippen molar-refractivity contribution in [2.45, 2.75) is 6.92 Å². The van der Waals surface area contributed by atoms with Gasteiger partial charge < -0.3 is 19.5 Å². The lowest BCUT2D eigenvalue weighted by molar-refractivity contribution is 0.0667. The number of benzene rings is 1. The molecule has 6 nitrogen and oxygen atoms in total. The summed E-state index contributed by atoms with van der Waals surface area (Å²) in [7, 11) is 1.66. The zero-order valence-electron chi connectivity index (χ0n) is 17.0. The Kier molecular flexibility index (Phi) is 6.67. The number of ketones is 1. The zero-order valence-corrected chi connectivity index (χ0v) is 17.0. The van der Waals surface area contributed by atoms with Gasteiger partial charge >= 0.3 is 0 Å². The highest BCUT2D eigenvalue weighted by atomic mass is 16.5. The van der Waals surface area contributed by atoms with Crippen LogP contribution in [0.25, 0.3) is 10.9 Å². The number of aromatic amines is 1. The van der Waals surface area contributed by atoms with E-state index in [2.05, 4.69) is 16.5 Å². The number of nitrogens with one attached hydrogen (secondary N) is 1. The van der Waals surface area contributed by atoms with E-state index < -0.39 is 0 Å². The number of hydrogen-bond donors (Lipinski definition) is 1. The summed E-state index contributed by atoms with van der Waals surface area (Å²) >= 11 is 0. The van der Waals surface area contributed by atoms with Gasteiger partial charge in [-0.2, -0.15) is 0 Å². The lowest BCUT2D eigenvalue weighted by atomic mass is 10.1. The maximum absolute atomic E-state index is 12.9. The fraction of sp³-hybridized carbons (Fsp3) is 0.304. The van der Waals surface area contributed by atoms with Crippen LogP contribution in [-0.4, -0.2) is 66.4 Å². The summed E-state index contributed by atoms with van der Waals surface area (Å²) in [4.78, 5) is 31.8. The van der Waals surface area contributed by atoms with Gasteiger partial charge in [-0.3, -0.25) is 9.59 Å². The number of allylic oxidation sites excluding steroid dienone is 3. The highest BCUT2D eigenvalue weighted by molar-refractivity contribution is 6.01. The second kappa shape index (κ2) is 9.39. The van der Waals surface area contributed by atoms with Crippen molar-refractivity contribution in [1.29, 1.82) is 0 Å². The topological polar surface area (TPSA) is 65.6 Å². The molecule has 1 fully saturated rings. The number of H-pyrrole nitrogens is 1. The van der Waals surface area contributed by atoms with Gasteiger partial charge in [-0.1, -0.05) is 18.7 Å². The Morgan fingerprint density at radius 2 is 1.90 bits per heavy atom. The van der Waals surface area contributed by atoms with Gasteiger partial charge in [0.05, 0.1) is 6.61 Å². The molecule has 152 valence electrons. The molecule has 1 aliphatic heterocycles. The Hall–Kier alpha value is -3.12. The average molecular weight is 393 g/mol. The fourth-order valence-electron chi connectivity index (χ4n) is 3.46.